The number of alkyl carbamates (subject to hydrolysis) is 1. The third-order valence-electron chi connectivity index (χ3n) is 6.23. The number of fused-ring (bicyclic) bond motifs is 3. The van der Waals surface area contributed by atoms with Gasteiger partial charge in [0.05, 0.1) is 5.92 Å². The van der Waals surface area contributed by atoms with Gasteiger partial charge in [-0.25, -0.2) is 4.79 Å². The standard InChI is InChI=1S/C26H32N2O5/c1-4-18(14-24(29)28(5-2)15-17(3)25(30)31)27-26(32)33-16-23-21-12-8-6-10-19(21)20-11-7-9-13-22(20)23/h6-13,17-18,23H,4-5,14-16H2,1-3H3,(H,27,32)(H,30,31)/t17?,18-/m0/s1. The maximum Gasteiger partial charge on any atom is 0.407 e. The summed E-state index contributed by atoms with van der Waals surface area (Å²) in [6, 6.07) is 15.9. The third kappa shape index (κ3) is 5.72. The molecule has 2 aromatic carbocycles. The Bertz CT molecular complexity index is 960. The van der Waals surface area contributed by atoms with E-state index in [4.69, 9.17) is 9.84 Å². The molecule has 0 aromatic heterocycles. The number of nitrogens with one attached hydrogen (secondary N) is 1. The average molecular weight is 453 g/mol. The summed E-state index contributed by atoms with van der Waals surface area (Å²) >= 11 is 0. The van der Waals surface area contributed by atoms with E-state index in [0.29, 0.717) is 13.0 Å². The van der Waals surface area contributed by atoms with Crippen LogP contribution in [0.25, 0.3) is 11.1 Å². The van der Waals surface area contributed by atoms with Gasteiger partial charge in [-0.15, -0.1) is 0 Å². The molecule has 0 saturated carbocycles. The molecule has 7 heteroatoms. The summed E-state index contributed by atoms with van der Waals surface area (Å²) in [7, 11) is 0. The van der Waals surface area contributed by atoms with Crippen molar-refractivity contribution >= 4 is 18.0 Å². The Labute approximate surface area is 194 Å². The van der Waals surface area contributed by atoms with Crippen LogP contribution >= 0.6 is 0 Å². The number of carboxylic acid groups (broad SMARTS) is 1. The lowest BCUT2D eigenvalue weighted by Gasteiger charge is -2.25. The maximum absolute atomic E-state index is 12.7. The zero-order valence-corrected chi connectivity index (χ0v) is 19.4. The first-order valence-corrected chi connectivity index (χ1v) is 11.5. The monoisotopic (exact) mass is 452 g/mol. The molecule has 2 amide bonds. The number of ether oxygens (including phenoxy) is 1. The second-order valence-electron chi connectivity index (χ2n) is 8.45. The highest BCUT2D eigenvalue weighted by Gasteiger charge is 2.29. The molecule has 0 bridgehead atoms. The Morgan fingerprint density at radius 2 is 1.61 bits per heavy atom. The van der Waals surface area contributed by atoms with Crippen LogP contribution in [0, 0.1) is 5.92 Å². The molecular formula is C26H32N2O5. The predicted molar refractivity (Wildman–Crippen MR) is 126 cm³/mol. The number of hydrogen-bond acceptors (Lipinski definition) is 4. The minimum absolute atomic E-state index is 0.0297. The SMILES string of the molecule is CC[C@@H](CC(=O)N(CC)CC(C)C(=O)O)NC(=O)OCC1c2ccccc2-c2ccccc21. The smallest absolute Gasteiger partial charge is 0.407 e. The molecule has 176 valence electrons. The summed E-state index contributed by atoms with van der Waals surface area (Å²) in [6.45, 7) is 6.04. The van der Waals surface area contributed by atoms with Crippen molar-refractivity contribution in [1.29, 1.82) is 0 Å². The molecule has 1 aliphatic carbocycles. The van der Waals surface area contributed by atoms with Crippen molar-refractivity contribution in [1.82, 2.24) is 10.2 Å². The number of carboxylic acids is 1. The zero-order valence-electron chi connectivity index (χ0n) is 19.4. The lowest BCUT2D eigenvalue weighted by Crippen LogP contribution is -2.42. The van der Waals surface area contributed by atoms with E-state index in [1.165, 1.54) is 4.90 Å². The lowest BCUT2D eigenvalue weighted by molar-refractivity contribution is -0.143. The molecule has 2 N–H and O–H groups in total. The fraction of sp³-hybridized carbons (Fsp3) is 0.423. The normalized spacial score (nSPS) is 14.0. The van der Waals surface area contributed by atoms with E-state index in [2.05, 4.69) is 29.6 Å². The summed E-state index contributed by atoms with van der Waals surface area (Å²) < 4.78 is 5.58. The number of amides is 2. The van der Waals surface area contributed by atoms with Crippen molar-refractivity contribution in [2.75, 3.05) is 19.7 Å². The van der Waals surface area contributed by atoms with Crippen molar-refractivity contribution < 1.29 is 24.2 Å². The van der Waals surface area contributed by atoms with Crippen molar-refractivity contribution in [2.45, 2.75) is 45.6 Å². The minimum Gasteiger partial charge on any atom is -0.481 e. The van der Waals surface area contributed by atoms with Gasteiger partial charge in [-0.05, 0) is 35.6 Å². The van der Waals surface area contributed by atoms with Crippen molar-refractivity contribution in [3.05, 3.63) is 59.7 Å². The van der Waals surface area contributed by atoms with Gasteiger partial charge in [-0.2, -0.15) is 0 Å². The summed E-state index contributed by atoms with van der Waals surface area (Å²) in [6.07, 6.45) is 0.0986. The van der Waals surface area contributed by atoms with Crippen LogP contribution in [0.15, 0.2) is 48.5 Å². The fourth-order valence-electron chi connectivity index (χ4n) is 4.26. The van der Waals surface area contributed by atoms with Gasteiger partial charge in [0.1, 0.15) is 6.61 Å². The van der Waals surface area contributed by atoms with Gasteiger partial charge in [-0.3, -0.25) is 9.59 Å². The highest BCUT2D eigenvalue weighted by Crippen LogP contribution is 2.44. The van der Waals surface area contributed by atoms with Crippen LogP contribution in [0.1, 0.15) is 50.7 Å². The first-order valence-electron chi connectivity index (χ1n) is 11.5. The number of rotatable bonds is 10. The molecule has 2 aromatic rings. The van der Waals surface area contributed by atoms with Gasteiger partial charge in [-0.1, -0.05) is 62.4 Å². The van der Waals surface area contributed by atoms with Crippen molar-refractivity contribution in [3.63, 3.8) is 0 Å². The number of benzene rings is 2. The second kappa shape index (κ2) is 11.0. The predicted octanol–water partition coefficient (Wildman–Crippen LogP) is 4.26. The molecular weight excluding hydrogens is 420 g/mol. The summed E-state index contributed by atoms with van der Waals surface area (Å²) in [5, 5.41) is 11.9. The molecule has 3 rings (SSSR count). The topological polar surface area (TPSA) is 95.9 Å². The number of carbonyl (C=O) groups excluding carboxylic acids is 2. The van der Waals surface area contributed by atoms with Gasteiger partial charge in [0.2, 0.25) is 5.91 Å². The second-order valence-corrected chi connectivity index (χ2v) is 8.45. The van der Waals surface area contributed by atoms with Crippen molar-refractivity contribution in [3.8, 4) is 11.1 Å². The molecule has 0 heterocycles. The van der Waals surface area contributed by atoms with E-state index < -0.39 is 18.0 Å². The Hall–Kier alpha value is -3.35. The zero-order chi connectivity index (χ0) is 24.0. The van der Waals surface area contributed by atoms with E-state index >= 15 is 0 Å². The first kappa shape index (κ1) is 24.3. The highest BCUT2D eigenvalue weighted by atomic mass is 16.5. The van der Waals surface area contributed by atoms with E-state index in [9.17, 15) is 14.4 Å². The van der Waals surface area contributed by atoms with Gasteiger partial charge in [0.25, 0.3) is 0 Å². The molecule has 0 radical (unpaired) electrons. The van der Waals surface area contributed by atoms with Crippen molar-refractivity contribution in [2.24, 2.45) is 5.92 Å². The molecule has 1 aliphatic rings. The Kier molecular flexibility index (Phi) is 8.09. The van der Waals surface area contributed by atoms with Crippen LogP contribution in [-0.2, 0) is 14.3 Å². The van der Waals surface area contributed by atoms with Crippen LogP contribution in [0.5, 0.6) is 0 Å². The van der Waals surface area contributed by atoms with Crippen LogP contribution in [0.2, 0.25) is 0 Å². The first-order chi connectivity index (χ1) is 15.8. The number of aliphatic carboxylic acids is 1. The Morgan fingerprint density at radius 3 is 2.12 bits per heavy atom. The average Bonchev–Trinajstić information content (AvgIpc) is 3.14. The Morgan fingerprint density at radius 1 is 1.03 bits per heavy atom. The van der Waals surface area contributed by atoms with Crippen LogP contribution in [0.3, 0.4) is 0 Å². The molecule has 33 heavy (non-hydrogen) atoms. The summed E-state index contributed by atoms with van der Waals surface area (Å²) in [5.74, 6) is -1.80. The van der Waals surface area contributed by atoms with E-state index in [-0.39, 0.29) is 37.4 Å². The van der Waals surface area contributed by atoms with Gasteiger partial charge in [0.15, 0.2) is 0 Å². The quantitative estimate of drug-likeness (QED) is 0.561. The van der Waals surface area contributed by atoms with Gasteiger partial charge in [0, 0.05) is 31.5 Å². The van der Waals surface area contributed by atoms with Gasteiger partial charge < -0.3 is 20.1 Å². The summed E-state index contributed by atoms with van der Waals surface area (Å²) in [4.78, 5) is 37.8. The largest absolute Gasteiger partial charge is 0.481 e. The number of hydrogen-bond donors (Lipinski definition) is 2. The van der Waals surface area contributed by atoms with Crippen LogP contribution in [0.4, 0.5) is 4.79 Å². The maximum atomic E-state index is 12.7. The molecule has 2 atom stereocenters. The van der Waals surface area contributed by atoms with E-state index in [1.54, 1.807) is 6.92 Å². The summed E-state index contributed by atoms with van der Waals surface area (Å²) in [5.41, 5.74) is 4.60. The number of nitrogens with zero attached hydrogens (tertiary/aromatic N) is 1. The minimum atomic E-state index is -0.940. The highest BCUT2D eigenvalue weighted by molar-refractivity contribution is 5.80. The van der Waals surface area contributed by atoms with Gasteiger partial charge >= 0.3 is 12.1 Å². The molecule has 0 fully saturated rings. The third-order valence-corrected chi connectivity index (χ3v) is 6.23. The fourth-order valence-corrected chi connectivity index (χ4v) is 4.26. The molecule has 7 nitrogen and oxygen atoms in total. The van der Waals surface area contributed by atoms with Crippen LogP contribution < -0.4 is 5.32 Å². The molecule has 0 saturated heterocycles. The Balaban J connectivity index is 1.57. The molecule has 0 aliphatic heterocycles. The van der Waals surface area contributed by atoms with Crippen LogP contribution in [-0.4, -0.2) is 53.7 Å². The van der Waals surface area contributed by atoms with E-state index in [1.807, 2.05) is 38.1 Å². The van der Waals surface area contributed by atoms with E-state index in [0.717, 1.165) is 22.3 Å². The lowest BCUT2D eigenvalue weighted by atomic mass is 9.98. The molecule has 1 unspecified atom stereocenters. The molecule has 0 spiro atoms. The number of carbonyl (C=O) groups is 3.